The third-order valence-corrected chi connectivity index (χ3v) is 14.7. The monoisotopic (exact) mass is 1100 g/mol. The van der Waals surface area contributed by atoms with Crippen LogP contribution in [0.2, 0.25) is 0 Å². The normalized spacial score (nSPS) is 19.3. The van der Waals surface area contributed by atoms with Gasteiger partial charge in [0.25, 0.3) is 23.6 Å². The fourth-order valence-electron chi connectivity index (χ4n) is 8.56. The molecule has 7 rings (SSSR count). The summed E-state index contributed by atoms with van der Waals surface area (Å²) in [6.45, 7) is 10.6. The molecule has 3 fully saturated rings. The summed E-state index contributed by atoms with van der Waals surface area (Å²) in [4.78, 5) is 102. The lowest BCUT2D eigenvalue weighted by Crippen LogP contribution is -2.43. The zero-order valence-corrected chi connectivity index (χ0v) is 42.2. The number of benzene rings is 2. The number of methoxy groups -OCH3 is 2. The Morgan fingerprint density at radius 3 is 2.04 bits per heavy atom. The second kappa shape index (κ2) is 23.8. The molecule has 22 heteroatoms. The molecular weight excluding hydrogens is 1040 g/mol. The second-order valence-corrected chi connectivity index (χ2v) is 19.1. The van der Waals surface area contributed by atoms with Gasteiger partial charge in [0, 0.05) is 57.4 Å². The van der Waals surface area contributed by atoms with Crippen molar-refractivity contribution in [3.8, 4) is 23.0 Å². The number of carbonyl (C=O) groups is 7. The van der Waals surface area contributed by atoms with Crippen LogP contribution in [0.3, 0.4) is 0 Å². The number of imide groups is 1. The Labute approximate surface area is 421 Å². The zero-order valence-electron chi connectivity index (χ0n) is 39.0. The molecule has 2 aromatic rings. The van der Waals surface area contributed by atoms with Crippen LogP contribution in [0.4, 0.5) is 11.4 Å². The first kappa shape index (κ1) is 52.0. The van der Waals surface area contributed by atoms with E-state index in [0.29, 0.717) is 103 Å². The van der Waals surface area contributed by atoms with Crippen molar-refractivity contribution in [3.63, 3.8) is 0 Å². The highest BCUT2D eigenvalue weighted by Crippen LogP contribution is 2.41. The van der Waals surface area contributed by atoms with Crippen LogP contribution in [0.1, 0.15) is 72.1 Å². The first-order chi connectivity index (χ1) is 33.7. The van der Waals surface area contributed by atoms with Gasteiger partial charge in [-0.15, -0.1) is 5.06 Å². The zero-order chi connectivity index (χ0) is 50.1. The topological polar surface area (TPSA) is 221 Å². The largest absolute Gasteiger partial charge is 0.493 e. The lowest BCUT2D eigenvalue weighted by Gasteiger charge is -2.26. The number of carbonyl (C=O) groups excluding carboxylic acids is 7. The number of rotatable bonds is 23. The van der Waals surface area contributed by atoms with Crippen LogP contribution in [-0.2, 0) is 38.3 Å². The van der Waals surface area contributed by atoms with Crippen molar-refractivity contribution in [2.75, 3.05) is 84.9 Å². The Kier molecular flexibility index (Phi) is 17.7. The van der Waals surface area contributed by atoms with Crippen molar-refractivity contribution in [1.82, 2.24) is 20.2 Å². The van der Waals surface area contributed by atoms with Crippen LogP contribution in [-0.4, -0.2) is 164 Å². The van der Waals surface area contributed by atoms with E-state index in [1.165, 1.54) is 14.2 Å². The van der Waals surface area contributed by atoms with Crippen LogP contribution in [0.15, 0.2) is 53.6 Å². The Balaban J connectivity index is 0.856. The summed E-state index contributed by atoms with van der Waals surface area (Å²) >= 11 is 6.21. The van der Waals surface area contributed by atoms with E-state index in [1.807, 2.05) is 0 Å². The first-order valence-electron chi connectivity index (χ1n) is 23.0. The van der Waals surface area contributed by atoms with Gasteiger partial charge in [0.05, 0.1) is 94.9 Å². The van der Waals surface area contributed by atoms with E-state index in [2.05, 4.69) is 55.3 Å². The Bertz CT molecular complexity index is 2420. The van der Waals surface area contributed by atoms with E-state index in [0.717, 1.165) is 17.6 Å². The molecule has 5 aliphatic heterocycles. The summed E-state index contributed by atoms with van der Waals surface area (Å²) in [5.41, 5.74) is 3.62. The molecule has 0 bridgehead atoms. The van der Waals surface area contributed by atoms with Gasteiger partial charge in [-0.2, -0.15) is 0 Å². The molecule has 0 aliphatic carbocycles. The van der Waals surface area contributed by atoms with Crippen LogP contribution < -0.4 is 29.2 Å². The van der Waals surface area contributed by atoms with Crippen molar-refractivity contribution in [2.45, 2.75) is 73.1 Å². The molecule has 20 nitrogen and oxygen atoms in total. The van der Waals surface area contributed by atoms with Gasteiger partial charge in [0.15, 0.2) is 23.0 Å². The van der Waals surface area contributed by atoms with Gasteiger partial charge in [0.1, 0.15) is 9.65 Å². The third-order valence-electron chi connectivity index (χ3n) is 12.2. The summed E-state index contributed by atoms with van der Waals surface area (Å²) in [6, 6.07) is 6.36. The van der Waals surface area contributed by atoms with Crippen LogP contribution in [0, 0.1) is 0 Å². The molecular formula is C48H56Br2N6O14. The lowest BCUT2D eigenvalue weighted by atomic mass is 10.1. The van der Waals surface area contributed by atoms with Gasteiger partial charge in [-0.05, 0) is 44.2 Å². The predicted molar refractivity (Wildman–Crippen MR) is 260 cm³/mol. The molecule has 2 aromatic carbocycles. The highest BCUT2D eigenvalue weighted by atomic mass is 79.9. The van der Waals surface area contributed by atoms with Crippen molar-refractivity contribution in [1.29, 1.82) is 0 Å². The second-order valence-electron chi connectivity index (χ2n) is 17.1. The maximum Gasteiger partial charge on any atom is 0.348 e. The number of hydrogen-bond donors (Lipinski definition) is 1. The Hall–Kier alpha value is -5.84. The molecule has 4 atom stereocenters. The average molecular weight is 1100 g/mol. The highest BCUT2D eigenvalue weighted by molar-refractivity contribution is 9.12. The molecule has 70 heavy (non-hydrogen) atoms. The van der Waals surface area contributed by atoms with Crippen molar-refractivity contribution in [2.24, 2.45) is 4.99 Å². The molecule has 0 spiro atoms. The minimum atomic E-state index is -1.19. The average Bonchev–Trinajstić information content (AvgIpc) is 3.98. The molecule has 3 saturated heterocycles. The van der Waals surface area contributed by atoms with E-state index < -0.39 is 33.3 Å². The molecule has 5 heterocycles. The fourth-order valence-corrected chi connectivity index (χ4v) is 9.26. The summed E-state index contributed by atoms with van der Waals surface area (Å²) in [7, 11) is 3.03. The van der Waals surface area contributed by atoms with Crippen LogP contribution >= 0.6 is 31.9 Å². The molecule has 2 unspecified atom stereocenters. The summed E-state index contributed by atoms with van der Waals surface area (Å²) < 4.78 is 34.9. The molecule has 5 aliphatic rings. The summed E-state index contributed by atoms with van der Waals surface area (Å²) in [5, 5.41) is 3.02. The predicted octanol–water partition coefficient (Wildman–Crippen LogP) is 4.61. The number of aliphatic imine (C=N–C) groups is 1. The number of unbranched alkanes of at least 4 members (excludes halogenated alkanes) is 2. The van der Waals surface area contributed by atoms with E-state index in [1.54, 1.807) is 45.2 Å². The molecule has 1 N–H and O–H groups in total. The van der Waals surface area contributed by atoms with Gasteiger partial charge in [-0.3, -0.25) is 33.8 Å². The van der Waals surface area contributed by atoms with Gasteiger partial charge >= 0.3 is 5.97 Å². The van der Waals surface area contributed by atoms with E-state index in [4.69, 9.17) is 33.3 Å². The van der Waals surface area contributed by atoms with Gasteiger partial charge < -0.3 is 53.3 Å². The first-order valence-corrected chi connectivity index (χ1v) is 24.8. The van der Waals surface area contributed by atoms with Gasteiger partial charge in [-0.1, -0.05) is 56.2 Å². The number of ether oxygens (including phenoxy) is 6. The van der Waals surface area contributed by atoms with Crippen molar-refractivity contribution in [3.05, 3.63) is 59.7 Å². The van der Waals surface area contributed by atoms with E-state index >= 15 is 0 Å². The van der Waals surface area contributed by atoms with Crippen molar-refractivity contribution < 1.29 is 66.8 Å². The minimum Gasteiger partial charge on any atom is -0.493 e. The molecule has 6 amide bonds. The van der Waals surface area contributed by atoms with E-state index in [-0.39, 0.29) is 88.6 Å². The lowest BCUT2D eigenvalue weighted by molar-refractivity contribution is -0.196. The Morgan fingerprint density at radius 2 is 1.36 bits per heavy atom. The van der Waals surface area contributed by atoms with E-state index in [9.17, 15) is 33.6 Å². The molecule has 0 aromatic heterocycles. The number of amides is 6. The highest BCUT2D eigenvalue weighted by Gasteiger charge is 2.41. The Morgan fingerprint density at radius 1 is 0.743 bits per heavy atom. The van der Waals surface area contributed by atoms with Crippen LogP contribution in [0.5, 0.6) is 23.0 Å². The third kappa shape index (κ3) is 12.2. The summed E-state index contributed by atoms with van der Waals surface area (Å²) in [6.07, 6.45) is 5.08. The number of hydrogen-bond acceptors (Lipinski definition) is 15. The number of fused-ring (bicyclic) bond motifs is 4. The standard InChI is InChI=1S/C48H56Br2N6O14/c1-28-18-30-24-52-34-22-38(36(64-3)20-32(34)46(61)53(30)25-28)68-12-6-5-7-13-69-39-23-35-33(21-37(39)65-4)47(62)54-26-29(2)19-31(54)27-55(35)40(57)10-14-66-16-17-67-15-11-51-45(60)43(49)44(50)48(63)70-56-41(58)8-9-42(56)59/h20-24,30-31,43-44H,1-2,5-19,25-27H2,3-4H3,(H,51,60)/t30-,31-,43?,44?/m0/s1. The smallest absolute Gasteiger partial charge is 0.348 e. The quantitative estimate of drug-likeness (QED) is 0.0696. The number of nitrogens with zero attached hydrogens (tertiary/aromatic N) is 5. The number of hydroxylamine groups is 2. The van der Waals surface area contributed by atoms with Gasteiger partial charge in [0.2, 0.25) is 11.8 Å². The molecule has 0 saturated carbocycles. The maximum absolute atomic E-state index is 14.0. The van der Waals surface area contributed by atoms with Gasteiger partial charge in [-0.25, -0.2) is 4.79 Å². The molecule has 0 radical (unpaired) electrons. The number of halogens is 2. The van der Waals surface area contributed by atoms with Crippen molar-refractivity contribution >= 4 is 90.9 Å². The maximum atomic E-state index is 14.0. The van der Waals surface area contributed by atoms with Crippen LogP contribution in [0.25, 0.3) is 0 Å². The fraction of sp³-hybridized carbons (Fsp3) is 0.500. The number of nitrogens with one attached hydrogen (secondary N) is 1. The SMILES string of the molecule is C=C1C[C@H]2CN(C(=O)CCOCCOCCNC(=O)C(Br)C(Br)C(=O)ON3C(=O)CCC3=O)c3cc(OCCCCCOc4cc5c(cc4OC)C(=O)N4CC(=C)C[C@H]4C=N5)c(OC)cc3C(=O)N2C1. The minimum absolute atomic E-state index is 0.0166. The number of alkyl halides is 2. The summed E-state index contributed by atoms with van der Waals surface area (Å²) in [5.74, 6) is -1.71. The number of anilines is 1. The molecule has 376 valence electrons.